The third-order valence-electron chi connectivity index (χ3n) is 4.28. The number of rotatable bonds is 2. The summed E-state index contributed by atoms with van der Waals surface area (Å²) in [6.07, 6.45) is 11.7. The highest BCUT2D eigenvalue weighted by Gasteiger charge is 2.38. The summed E-state index contributed by atoms with van der Waals surface area (Å²) in [5.41, 5.74) is 0.724. The molecule has 3 nitrogen and oxygen atoms in total. The smallest absolute Gasteiger partial charge is 0.337 e. The fourth-order valence-corrected chi connectivity index (χ4v) is 3.47. The summed E-state index contributed by atoms with van der Waals surface area (Å²) in [5, 5.41) is 0. The van der Waals surface area contributed by atoms with Crippen LogP contribution in [0.5, 0.6) is 0 Å². The van der Waals surface area contributed by atoms with Crippen LogP contribution >= 0.6 is 0 Å². The van der Waals surface area contributed by atoms with Crippen molar-refractivity contribution in [1.29, 1.82) is 0 Å². The Morgan fingerprint density at radius 2 is 2.39 bits per heavy atom. The number of allylic oxidation sites excluding steroid dienone is 2. The Bertz CT molecular complexity index is 436. The number of fused-ring (bicyclic) bond motifs is 4. The normalized spacial score (nSPS) is 36.8. The van der Waals surface area contributed by atoms with E-state index in [2.05, 4.69) is 23.4 Å². The van der Waals surface area contributed by atoms with Gasteiger partial charge in [-0.05, 0) is 50.2 Å². The predicted molar refractivity (Wildman–Crippen MR) is 70.5 cm³/mol. The molecule has 0 radical (unpaired) electrons. The SMILES string of the molecule is CCOC(=O)C1=CC2CC3CC(CC=N3)C2C=C1. The molecule has 18 heavy (non-hydrogen) atoms. The molecule has 3 rings (SSSR count). The van der Waals surface area contributed by atoms with E-state index in [1.54, 1.807) is 0 Å². The molecule has 0 amide bonds. The molecule has 96 valence electrons. The van der Waals surface area contributed by atoms with Gasteiger partial charge in [0.05, 0.1) is 18.2 Å². The zero-order valence-electron chi connectivity index (χ0n) is 10.7. The van der Waals surface area contributed by atoms with Gasteiger partial charge in [-0.1, -0.05) is 18.2 Å². The van der Waals surface area contributed by atoms with Crippen molar-refractivity contribution in [3.8, 4) is 0 Å². The van der Waals surface area contributed by atoms with Crippen LogP contribution in [0, 0.1) is 17.8 Å². The van der Waals surface area contributed by atoms with E-state index >= 15 is 0 Å². The summed E-state index contributed by atoms with van der Waals surface area (Å²) in [6.45, 7) is 2.28. The Kier molecular flexibility index (Phi) is 3.06. The molecule has 0 aromatic heterocycles. The van der Waals surface area contributed by atoms with Gasteiger partial charge in [0, 0.05) is 0 Å². The van der Waals surface area contributed by atoms with Gasteiger partial charge in [0.25, 0.3) is 0 Å². The number of carbonyl (C=O) groups is 1. The van der Waals surface area contributed by atoms with Crippen molar-refractivity contribution in [2.45, 2.75) is 32.2 Å². The van der Waals surface area contributed by atoms with E-state index in [9.17, 15) is 4.79 Å². The zero-order chi connectivity index (χ0) is 12.5. The van der Waals surface area contributed by atoms with Crippen LogP contribution in [0.2, 0.25) is 0 Å². The lowest BCUT2D eigenvalue weighted by molar-refractivity contribution is -0.138. The molecule has 0 aromatic carbocycles. The van der Waals surface area contributed by atoms with E-state index in [0.29, 0.717) is 30.4 Å². The quantitative estimate of drug-likeness (QED) is 0.701. The molecule has 0 aromatic rings. The maximum Gasteiger partial charge on any atom is 0.337 e. The topological polar surface area (TPSA) is 38.7 Å². The summed E-state index contributed by atoms with van der Waals surface area (Å²) in [5.74, 6) is 1.58. The van der Waals surface area contributed by atoms with E-state index in [-0.39, 0.29) is 5.97 Å². The number of hydrogen-bond donors (Lipinski definition) is 0. The number of ether oxygens (including phenoxy) is 1. The lowest BCUT2D eigenvalue weighted by Crippen LogP contribution is -2.37. The van der Waals surface area contributed by atoms with Crippen molar-refractivity contribution in [1.82, 2.24) is 0 Å². The van der Waals surface area contributed by atoms with Gasteiger partial charge in [0.1, 0.15) is 0 Å². The fourth-order valence-electron chi connectivity index (χ4n) is 3.47. The van der Waals surface area contributed by atoms with Crippen LogP contribution in [0.25, 0.3) is 0 Å². The second-order valence-corrected chi connectivity index (χ2v) is 5.40. The molecule has 3 heteroatoms. The van der Waals surface area contributed by atoms with Gasteiger partial charge in [-0.15, -0.1) is 0 Å². The minimum atomic E-state index is -0.188. The van der Waals surface area contributed by atoms with Crippen molar-refractivity contribution >= 4 is 12.2 Å². The number of nitrogens with zero attached hydrogens (tertiary/aromatic N) is 1. The molecule has 1 fully saturated rings. The summed E-state index contributed by atoms with van der Waals surface area (Å²) < 4.78 is 5.07. The van der Waals surface area contributed by atoms with Crippen LogP contribution in [-0.4, -0.2) is 24.8 Å². The molecular weight excluding hydrogens is 226 g/mol. The first-order chi connectivity index (χ1) is 8.78. The van der Waals surface area contributed by atoms with Crippen LogP contribution < -0.4 is 0 Å². The molecule has 1 aliphatic heterocycles. The molecule has 1 heterocycles. The van der Waals surface area contributed by atoms with E-state index < -0.39 is 0 Å². The summed E-state index contributed by atoms with van der Waals surface area (Å²) in [7, 11) is 0. The lowest BCUT2D eigenvalue weighted by atomic mass is 9.66. The molecule has 1 saturated carbocycles. The monoisotopic (exact) mass is 245 g/mol. The molecule has 2 bridgehead atoms. The van der Waals surface area contributed by atoms with Crippen LogP contribution in [0.15, 0.2) is 28.8 Å². The van der Waals surface area contributed by atoms with Gasteiger partial charge in [0.2, 0.25) is 0 Å². The minimum absolute atomic E-state index is 0.188. The average Bonchev–Trinajstić information content (AvgIpc) is 2.38. The van der Waals surface area contributed by atoms with Crippen LogP contribution in [0.1, 0.15) is 26.2 Å². The average molecular weight is 245 g/mol. The highest BCUT2D eigenvalue weighted by Crippen LogP contribution is 2.43. The van der Waals surface area contributed by atoms with Crippen molar-refractivity contribution in [3.63, 3.8) is 0 Å². The molecule has 0 spiro atoms. The van der Waals surface area contributed by atoms with Crippen LogP contribution in [-0.2, 0) is 9.53 Å². The highest BCUT2D eigenvalue weighted by molar-refractivity contribution is 5.91. The second-order valence-electron chi connectivity index (χ2n) is 5.40. The molecule has 4 atom stereocenters. The van der Waals surface area contributed by atoms with E-state index in [1.807, 2.05) is 13.0 Å². The zero-order valence-corrected chi connectivity index (χ0v) is 10.7. The van der Waals surface area contributed by atoms with Crippen LogP contribution in [0.3, 0.4) is 0 Å². The predicted octanol–water partition coefficient (Wildman–Crippen LogP) is 2.53. The lowest BCUT2D eigenvalue weighted by Gasteiger charge is -2.41. The summed E-state index contributed by atoms with van der Waals surface area (Å²) in [6, 6.07) is 0.469. The number of carbonyl (C=O) groups excluding carboxylic acids is 1. The third-order valence-corrected chi connectivity index (χ3v) is 4.28. The van der Waals surface area contributed by atoms with Crippen molar-refractivity contribution in [3.05, 3.63) is 23.8 Å². The summed E-state index contributed by atoms with van der Waals surface area (Å²) >= 11 is 0. The van der Waals surface area contributed by atoms with Gasteiger partial charge in [-0.25, -0.2) is 4.79 Å². The third kappa shape index (κ3) is 2.02. The maximum atomic E-state index is 11.7. The minimum Gasteiger partial charge on any atom is -0.462 e. The summed E-state index contributed by atoms with van der Waals surface area (Å²) in [4.78, 5) is 16.3. The van der Waals surface area contributed by atoms with Crippen molar-refractivity contribution in [2.24, 2.45) is 22.7 Å². The Hall–Kier alpha value is -1.38. The van der Waals surface area contributed by atoms with Gasteiger partial charge in [-0.3, -0.25) is 4.99 Å². The van der Waals surface area contributed by atoms with E-state index in [1.165, 1.54) is 6.42 Å². The molecule has 0 saturated heterocycles. The van der Waals surface area contributed by atoms with Crippen molar-refractivity contribution < 1.29 is 9.53 Å². The Balaban J connectivity index is 1.79. The standard InChI is InChI=1S/C15H19NO2/c1-2-18-15(17)11-3-4-14-10-5-6-16-13(8-10)9-12(14)7-11/h3-4,6-7,10,12-14H,2,5,8-9H2,1H3. The van der Waals surface area contributed by atoms with Gasteiger partial charge < -0.3 is 4.74 Å². The van der Waals surface area contributed by atoms with E-state index in [0.717, 1.165) is 18.4 Å². The molecule has 2 aliphatic carbocycles. The second kappa shape index (κ2) is 4.71. The Morgan fingerprint density at radius 3 is 3.22 bits per heavy atom. The number of esters is 1. The first-order valence-electron chi connectivity index (χ1n) is 6.86. The Morgan fingerprint density at radius 1 is 1.50 bits per heavy atom. The molecular formula is C15H19NO2. The van der Waals surface area contributed by atoms with Crippen LogP contribution in [0.4, 0.5) is 0 Å². The maximum absolute atomic E-state index is 11.7. The Labute approximate surface area is 108 Å². The first-order valence-corrected chi connectivity index (χ1v) is 6.86. The number of hydrogen-bond acceptors (Lipinski definition) is 3. The highest BCUT2D eigenvalue weighted by atomic mass is 16.5. The molecule has 3 aliphatic rings. The van der Waals surface area contributed by atoms with E-state index in [4.69, 9.17) is 4.74 Å². The van der Waals surface area contributed by atoms with Gasteiger partial charge in [-0.2, -0.15) is 0 Å². The first kappa shape index (κ1) is 11.7. The van der Waals surface area contributed by atoms with Crippen molar-refractivity contribution in [2.75, 3.05) is 6.61 Å². The van der Waals surface area contributed by atoms with Gasteiger partial charge >= 0.3 is 5.97 Å². The van der Waals surface area contributed by atoms with Gasteiger partial charge in [0.15, 0.2) is 0 Å². The molecule has 4 unspecified atom stereocenters. The largest absolute Gasteiger partial charge is 0.462 e. The fraction of sp³-hybridized carbons (Fsp3) is 0.600. The number of aliphatic imine (C=N–C) groups is 1. The molecule has 0 N–H and O–H groups in total.